The normalized spacial score (nSPS) is 13.2. The SMILES string of the molecule is CN(C)C(=O)C(C)(C)NC(=O)[C@H](Cc1ccccc1)OC(=O)C(C)(C)NC(=O)[C@@H](O)Cc1ccccc1. The van der Waals surface area contributed by atoms with E-state index in [2.05, 4.69) is 10.6 Å². The Hall–Kier alpha value is -3.72. The molecule has 0 unspecified atom stereocenters. The number of benzene rings is 2. The van der Waals surface area contributed by atoms with E-state index in [0.29, 0.717) is 0 Å². The zero-order chi connectivity index (χ0) is 27.8. The van der Waals surface area contributed by atoms with Gasteiger partial charge in [0.1, 0.15) is 17.2 Å². The van der Waals surface area contributed by atoms with Crippen molar-refractivity contribution in [2.45, 2.75) is 63.8 Å². The van der Waals surface area contributed by atoms with Crippen LogP contribution in [-0.2, 0) is 36.8 Å². The van der Waals surface area contributed by atoms with Gasteiger partial charge in [0.05, 0.1) is 0 Å². The predicted molar refractivity (Wildman–Crippen MR) is 139 cm³/mol. The second kappa shape index (κ2) is 12.5. The number of amides is 3. The first-order valence-corrected chi connectivity index (χ1v) is 12.1. The second-order valence-corrected chi connectivity index (χ2v) is 10.2. The molecule has 2 rings (SSSR count). The van der Waals surface area contributed by atoms with E-state index in [4.69, 9.17) is 4.74 Å². The van der Waals surface area contributed by atoms with Crippen molar-refractivity contribution in [2.24, 2.45) is 0 Å². The third kappa shape index (κ3) is 8.71. The van der Waals surface area contributed by atoms with Gasteiger partial charge in [0.2, 0.25) is 11.8 Å². The van der Waals surface area contributed by atoms with Crippen LogP contribution >= 0.6 is 0 Å². The Bertz CT molecular complexity index is 1080. The molecule has 37 heavy (non-hydrogen) atoms. The van der Waals surface area contributed by atoms with Crippen LogP contribution in [0.15, 0.2) is 60.7 Å². The van der Waals surface area contributed by atoms with E-state index in [1.165, 1.54) is 18.7 Å². The monoisotopic (exact) mass is 511 g/mol. The molecule has 200 valence electrons. The summed E-state index contributed by atoms with van der Waals surface area (Å²) >= 11 is 0. The molecule has 9 heteroatoms. The molecule has 0 heterocycles. The molecule has 0 aliphatic carbocycles. The van der Waals surface area contributed by atoms with E-state index in [1.54, 1.807) is 76.5 Å². The summed E-state index contributed by atoms with van der Waals surface area (Å²) in [6, 6.07) is 18.0. The largest absolute Gasteiger partial charge is 0.450 e. The lowest BCUT2D eigenvalue weighted by Crippen LogP contribution is -2.59. The van der Waals surface area contributed by atoms with E-state index in [-0.39, 0.29) is 18.7 Å². The average molecular weight is 512 g/mol. The van der Waals surface area contributed by atoms with E-state index in [9.17, 15) is 24.3 Å². The lowest BCUT2D eigenvalue weighted by molar-refractivity contribution is -0.163. The predicted octanol–water partition coefficient (Wildman–Crippen LogP) is 1.62. The van der Waals surface area contributed by atoms with Gasteiger partial charge in [-0.25, -0.2) is 4.79 Å². The lowest BCUT2D eigenvalue weighted by Gasteiger charge is -2.31. The average Bonchev–Trinajstić information content (AvgIpc) is 2.83. The Balaban J connectivity index is 2.15. The molecule has 0 aliphatic rings. The number of rotatable bonds is 11. The van der Waals surface area contributed by atoms with E-state index < -0.39 is 41.1 Å². The molecular weight excluding hydrogens is 474 g/mol. The van der Waals surface area contributed by atoms with Crippen molar-refractivity contribution in [1.29, 1.82) is 0 Å². The maximum atomic E-state index is 13.2. The topological polar surface area (TPSA) is 125 Å². The first-order chi connectivity index (χ1) is 17.2. The molecule has 0 saturated heterocycles. The second-order valence-electron chi connectivity index (χ2n) is 10.2. The summed E-state index contributed by atoms with van der Waals surface area (Å²) in [4.78, 5) is 52.8. The molecule has 9 nitrogen and oxygen atoms in total. The van der Waals surface area contributed by atoms with Crippen molar-refractivity contribution in [2.75, 3.05) is 14.1 Å². The number of carbonyl (C=O) groups excluding carboxylic acids is 4. The number of nitrogens with one attached hydrogen (secondary N) is 2. The molecule has 0 radical (unpaired) electrons. The Kier molecular flexibility index (Phi) is 9.96. The van der Waals surface area contributed by atoms with Crippen molar-refractivity contribution in [3.63, 3.8) is 0 Å². The van der Waals surface area contributed by atoms with E-state index in [0.717, 1.165) is 11.1 Å². The zero-order valence-electron chi connectivity index (χ0n) is 22.3. The Morgan fingerprint density at radius 2 is 1.24 bits per heavy atom. The van der Waals surface area contributed by atoms with Crippen molar-refractivity contribution in [1.82, 2.24) is 15.5 Å². The fourth-order valence-electron chi connectivity index (χ4n) is 3.67. The van der Waals surface area contributed by atoms with Crippen LogP contribution in [0.5, 0.6) is 0 Å². The van der Waals surface area contributed by atoms with Crippen molar-refractivity contribution >= 4 is 23.7 Å². The Labute approximate surface area is 218 Å². The fraction of sp³-hybridized carbons (Fsp3) is 0.429. The number of hydrogen-bond acceptors (Lipinski definition) is 6. The summed E-state index contributed by atoms with van der Waals surface area (Å²) in [5, 5.41) is 15.5. The van der Waals surface area contributed by atoms with Crippen LogP contribution in [0.25, 0.3) is 0 Å². The standard InChI is InChI=1S/C28H37N3O6/c1-27(2,25(35)31(5)6)30-24(34)22(18-20-15-11-8-12-16-20)37-26(36)28(3,4)29-23(33)21(32)17-19-13-9-7-10-14-19/h7-16,21-22,32H,17-18H2,1-6H3,(H,29,33)(H,30,34)/t21-,22-/m0/s1. The summed E-state index contributed by atoms with van der Waals surface area (Å²) in [5.74, 6) is -2.58. The molecule has 2 aromatic carbocycles. The molecule has 3 amide bonds. The first-order valence-electron chi connectivity index (χ1n) is 12.1. The van der Waals surface area contributed by atoms with Gasteiger partial charge in [-0.1, -0.05) is 60.7 Å². The molecule has 0 fully saturated rings. The van der Waals surface area contributed by atoms with Crippen molar-refractivity contribution in [3.05, 3.63) is 71.8 Å². The lowest BCUT2D eigenvalue weighted by atomic mass is 10.0. The van der Waals surface area contributed by atoms with Crippen LogP contribution in [0, 0.1) is 0 Å². The van der Waals surface area contributed by atoms with Crippen LogP contribution in [0.1, 0.15) is 38.8 Å². The number of aliphatic hydroxyl groups is 1. The maximum Gasteiger partial charge on any atom is 0.332 e. The van der Waals surface area contributed by atoms with Gasteiger partial charge in [-0.05, 0) is 38.8 Å². The highest BCUT2D eigenvalue weighted by atomic mass is 16.6. The molecule has 3 N–H and O–H groups in total. The minimum atomic E-state index is -1.54. The van der Waals surface area contributed by atoms with Crippen LogP contribution in [0.4, 0.5) is 0 Å². The number of esters is 1. The van der Waals surface area contributed by atoms with Crippen molar-refractivity contribution < 1.29 is 29.0 Å². The summed E-state index contributed by atoms with van der Waals surface area (Å²) in [7, 11) is 3.16. The summed E-state index contributed by atoms with van der Waals surface area (Å²) in [6.45, 7) is 5.98. The third-order valence-electron chi connectivity index (χ3n) is 5.70. The van der Waals surface area contributed by atoms with Gasteiger partial charge in [-0.2, -0.15) is 0 Å². The molecule has 0 bridgehead atoms. The van der Waals surface area contributed by atoms with Gasteiger partial charge in [-0.3, -0.25) is 14.4 Å². The quantitative estimate of drug-likeness (QED) is 0.394. The number of nitrogens with zero attached hydrogens (tertiary/aromatic N) is 1. The van der Waals surface area contributed by atoms with Crippen LogP contribution in [0.2, 0.25) is 0 Å². The minimum Gasteiger partial charge on any atom is -0.450 e. The summed E-state index contributed by atoms with van der Waals surface area (Å²) in [6.07, 6.45) is -2.51. The number of aliphatic hydroxyl groups excluding tert-OH is 1. The molecule has 0 saturated carbocycles. The maximum absolute atomic E-state index is 13.2. The summed E-state index contributed by atoms with van der Waals surface area (Å²) < 4.78 is 5.59. The molecule has 0 spiro atoms. The summed E-state index contributed by atoms with van der Waals surface area (Å²) in [5.41, 5.74) is -1.28. The molecule has 2 atom stereocenters. The highest BCUT2D eigenvalue weighted by molar-refractivity contribution is 5.94. The number of ether oxygens (including phenoxy) is 1. The van der Waals surface area contributed by atoms with Crippen molar-refractivity contribution in [3.8, 4) is 0 Å². The van der Waals surface area contributed by atoms with Gasteiger partial charge in [0, 0.05) is 26.9 Å². The third-order valence-corrected chi connectivity index (χ3v) is 5.70. The smallest absolute Gasteiger partial charge is 0.332 e. The minimum absolute atomic E-state index is 0.0608. The van der Waals surface area contributed by atoms with Gasteiger partial charge in [0.25, 0.3) is 5.91 Å². The molecule has 0 aromatic heterocycles. The zero-order valence-corrected chi connectivity index (χ0v) is 22.3. The first kappa shape index (κ1) is 29.5. The highest BCUT2D eigenvalue weighted by Crippen LogP contribution is 2.15. The Morgan fingerprint density at radius 1 is 0.784 bits per heavy atom. The number of likely N-dealkylation sites (N-methyl/N-ethyl adjacent to an activating group) is 1. The van der Waals surface area contributed by atoms with Gasteiger partial charge < -0.3 is 25.4 Å². The van der Waals surface area contributed by atoms with Gasteiger partial charge >= 0.3 is 5.97 Å². The van der Waals surface area contributed by atoms with Gasteiger partial charge in [-0.15, -0.1) is 0 Å². The van der Waals surface area contributed by atoms with Crippen LogP contribution in [0.3, 0.4) is 0 Å². The van der Waals surface area contributed by atoms with Gasteiger partial charge in [0.15, 0.2) is 6.10 Å². The van der Waals surface area contributed by atoms with Crippen LogP contribution in [-0.4, -0.2) is 71.1 Å². The van der Waals surface area contributed by atoms with E-state index >= 15 is 0 Å². The fourth-order valence-corrected chi connectivity index (χ4v) is 3.67. The van der Waals surface area contributed by atoms with E-state index in [1.807, 2.05) is 12.1 Å². The van der Waals surface area contributed by atoms with Crippen LogP contribution < -0.4 is 10.6 Å². The number of hydrogen-bond donors (Lipinski definition) is 3. The Morgan fingerprint density at radius 3 is 1.73 bits per heavy atom. The highest BCUT2D eigenvalue weighted by Gasteiger charge is 2.39. The number of carbonyl (C=O) groups is 4. The molecule has 0 aliphatic heterocycles. The molecular formula is C28H37N3O6. The molecule has 2 aromatic rings.